The zero-order valence-electron chi connectivity index (χ0n) is 9.39. The molecule has 0 aromatic carbocycles. The molecule has 0 radical (unpaired) electrons. The molecule has 1 nitrogen and oxygen atoms in total. The Labute approximate surface area is 81.9 Å². The summed E-state index contributed by atoms with van der Waals surface area (Å²) in [5, 5.41) is 0. The number of hydrogen-bond acceptors (Lipinski definition) is 1. The van der Waals surface area contributed by atoms with Crippen LogP contribution in [0.5, 0.6) is 0 Å². The maximum absolute atomic E-state index is 11.9. The summed E-state index contributed by atoms with van der Waals surface area (Å²) in [7, 11) is 0. The lowest BCUT2D eigenvalue weighted by Crippen LogP contribution is -2.30. The van der Waals surface area contributed by atoms with Gasteiger partial charge < -0.3 is 0 Å². The van der Waals surface area contributed by atoms with Crippen molar-refractivity contribution in [2.75, 3.05) is 0 Å². The third-order valence-electron chi connectivity index (χ3n) is 3.13. The summed E-state index contributed by atoms with van der Waals surface area (Å²) >= 11 is 0. The summed E-state index contributed by atoms with van der Waals surface area (Å²) in [5.74, 6) is 1.67. The molecule has 0 bridgehead atoms. The van der Waals surface area contributed by atoms with Gasteiger partial charge in [-0.25, -0.2) is 0 Å². The molecule has 1 rings (SSSR count). The van der Waals surface area contributed by atoms with Crippen LogP contribution in [0.4, 0.5) is 0 Å². The van der Waals surface area contributed by atoms with Crippen LogP contribution in [0, 0.1) is 17.3 Å². The molecule has 13 heavy (non-hydrogen) atoms. The van der Waals surface area contributed by atoms with E-state index >= 15 is 0 Å². The first-order valence-electron chi connectivity index (χ1n) is 5.45. The van der Waals surface area contributed by atoms with Gasteiger partial charge in [0.25, 0.3) is 0 Å². The highest BCUT2D eigenvalue weighted by atomic mass is 16.1. The molecular weight excluding hydrogens is 160 g/mol. The molecule has 0 aliphatic heterocycles. The van der Waals surface area contributed by atoms with Gasteiger partial charge in [-0.05, 0) is 18.8 Å². The van der Waals surface area contributed by atoms with Crippen LogP contribution in [-0.4, -0.2) is 5.78 Å². The minimum atomic E-state index is -0.134. The second-order valence-electron chi connectivity index (χ2n) is 5.57. The number of Topliss-reactive ketones (excluding diaryl/α,β-unsaturated/α-hetero) is 1. The van der Waals surface area contributed by atoms with E-state index in [0.29, 0.717) is 11.7 Å². The average Bonchev–Trinajstić information content (AvgIpc) is 2.03. The maximum atomic E-state index is 11.9. The van der Waals surface area contributed by atoms with E-state index in [0.717, 1.165) is 18.8 Å². The van der Waals surface area contributed by atoms with Gasteiger partial charge in [0.05, 0.1) is 0 Å². The molecule has 0 aromatic heterocycles. The number of carbonyl (C=O) groups excluding carboxylic acids is 1. The summed E-state index contributed by atoms with van der Waals surface area (Å²) in [4.78, 5) is 11.9. The Bertz CT molecular complexity index is 180. The Balaban J connectivity index is 2.50. The summed E-state index contributed by atoms with van der Waals surface area (Å²) in [6.07, 6.45) is 4.73. The Hall–Kier alpha value is -0.330. The normalized spacial score (nSPS) is 30.2. The monoisotopic (exact) mass is 182 g/mol. The van der Waals surface area contributed by atoms with Crippen LogP contribution in [0.3, 0.4) is 0 Å². The summed E-state index contributed by atoms with van der Waals surface area (Å²) in [6.45, 7) is 8.39. The quantitative estimate of drug-likeness (QED) is 0.607. The molecule has 0 amide bonds. The molecule has 0 unspecified atom stereocenters. The Morgan fingerprint density at radius 1 is 1.08 bits per heavy atom. The van der Waals surface area contributed by atoms with Gasteiger partial charge in [0, 0.05) is 11.3 Å². The zero-order chi connectivity index (χ0) is 10.1. The van der Waals surface area contributed by atoms with E-state index in [4.69, 9.17) is 0 Å². The van der Waals surface area contributed by atoms with Crippen LogP contribution in [0.25, 0.3) is 0 Å². The molecule has 76 valence electrons. The highest BCUT2D eigenvalue weighted by Gasteiger charge is 2.31. The number of rotatable bonds is 1. The third kappa shape index (κ3) is 2.82. The van der Waals surface area contributed by atoms with Gasteiger partial charge in [-0.1, -0.05) is 40.5 Å². The van der Waals surface area contributed by atoms with Crippen molar-refractivity contribution in [2.45, 2.75) is 53.4 Å². The van der Waals surface area contributed by atoms with Gasteiger partial charge in [0.2, 0.25) is 0 Å². The molecule has 0 spiro atoms. The van der Waals surface area contributed by atoms with Gasteiger partial charge in [-0.15, -0.1) is 0 Å². The lowest BCUT2D eigenvalue weighted by Gasteiger charge is -2.29. The fraction of sp³-hybridized carbons (Fsp3) is 0.917. The first kappa shape index (κ1) is 10.7. The fourth-order valence-electron chi connectivity index (χ4n) is 2.13. The highest BCUT2D eigenvalue weighted by Crippen LogP contribution is 2.33. The van der Waals surface area contributed by atoms with Crippen LogP contribution in [0.1, 0.15) is 53.4 Å². The van der Waals surface area contributed by atoms with Crippen LogP contribution < -0.4 is 0 Å². The van der Waals surface area contributed by atoms with Gasteiger partial charge in [0.15, 0.2) is 0 Å². The molecule has 0 atom stereocenters. The van der Waals surface area contributed by atoms with Gasteiger partial charge in [-0.2, -0.15) is 0 Å². The third-order valence-corrected chi connectivity index (χ3v) is 3.13. The molecule has 1 fully saturated rings. The lowest BCUT2D eigenvalue weighted by molar-refractivity contribution is -0.131. The summed E-state index contributed by atoms with van der Waals surface area (Å²) < 4.78 is 0. The Kier molecular flexibility index (Phi) is 3.15. The molecule has 1 heteroatoms. The Morgan fingerprint density at radius 3 is 1.92 bits per heavy atom. The van der Waals surface area contributed by atoms with Gasteiger partial charge in [0.1, 0.15) is 5.78 Å². The van der Waals surface area contributed by atoms with E-state index in [1.54, 1.807) is 0 Å². The summed E-state index contributed by atoms with van der Waals surface area (Å²) in [6, 6.07) is 0. The zero-order valence-corrected chi connectivity index (χ0v) is 9.39. The van der Waals surface area contributed by atoms with Crippen molar-refractivity contribution >= 4 is 5.78 Å². The van der Waals surface area contributed by atoms with Crippen LogP contribution in [-0.2, 0) is 4.79 Å². The molecule has 0 saturated heterocycles. The molecule has 1 saturated carbocycles. The standard InChI is InChI=1S/C12H22O/c1-9-5-7-10(8-6-9)11(13)12(2,3)4/h9-10H,5-8H2,1-4H3/t9-,10-. The molecule has 0 heterocycles. The first-order chi connectivity index (χ1) is 5.91. The Morgan fingerprint density at radius 2 is 1.54 bits per heavy atom. The molecule has 0 aromatic rings. The van der Waals surface area contributed by atoms with E-state index in [1.165, 1.54) is 12.8 Å². The predicted molar refractivity (Wildman–Crippen MR) is 55.6 cm³/mol. The minimum absolute atomic E-state index is 0.134. The van der Waals surface area contributed by atoms with E-state index in [1.807, 2.05) is 20.8 Å². The van der Waals surface area contributed by atoms with E-state index in [2.05, 4.69) is 6.92 Å². The van der Waals surface area contributed by atoms with Crippen LogP contribution in [0.15, 0.2) is 0 Å². The lowest BCUT2D eigenvalue weighted by atomic mass is 9.74. The van der Waals surface area contributed by atoms with Crippen LogP contribution in [0.2, 0.25) is 0 Å². The maximum Gasteiger partial charge on any atom is 0.141 e. The van der Waals surface area contributed by atoms with Crippen molar-refractivity contribution in [2.24, 2.45) is 17.3 Å². The average molecular weight is 182 g/mol. The van der Waals surface area contributed by atoms with Crippen molar-refractivity contribution in [1.82, 2.24) is 0 Å². The molecule has 1 aliphatic rings. The van der Waals surface area contributed by atoms with E-state index in [-0.39, 0.29) is 5.41 Å². The first-order valence-corrected chi connectivity index (χ1v) is 5.45. The molecular formula is C12H22O. The topological polar surface area (TPSA) is 17.1 Å². The minimum Gasteiger partial charge on any atom is -0.299 e. The second kappa shape index (κ2) is 3.81. The van der Waals surface area contributed by atoms with Crippen molar-refractivity contribution in [3.63, 3.8) is 0 Å². The van der Waals surface area contributed by atoms with Crippen molar-refractivity contribution in [1.29, 1.82) is 0 Å². The number of ketones is 1. The number of carbonyl (C=O) groups is 1. The largest absolute Gasteiger partial charge is 0.299 e. The SMILES string of the molecule is CC(C)(C)C(=O)[C@H]1CC[C@H](C)CC1. The van der Waals surface area contributed by atoms with Crippen LogP contribution >= 0.6 is 0 Å². The molecule has 1 aliphatic carbocycles. The van der Waals surface area contributed by atoms with Crippen molar-refractivity contribution in [3.05, 3.63) is 0 Å². The fourth-order valence-corrected chi connectivity index (χ4v) is 2.13. The highest BCUT2D eigenvalue weighted by molar-refractivity contribution is 5.85. The van der Waals surface area contributed by atoms with E-state index in [9.17, 15) is 4.79 Å². The second-order valence-corrected chi connectivity index (χ2v) is 5.57. The summed E-state index contributed by atoms with van der Waals surface area (Å²) in [5.41, 5.74) is -0.134. The smallest absolute Gasteiger partial charge is 0.141 e. The predicted octanol–water partition coefficient (Wildman–Crippen LogP) is 3.43. The molecule has 0 N–H and O–H groups in total. The van der Waals surface area contributed by atoms with Gasteiger partial charge >= 0.3 is 0 Å². The van der Waals surface area contributed by atoms with Crippen molar-refractivity contribution in [3.8, 4) is 0 Å². The van der Waals surface area contributed by atoms with Gasteiger partial charge in [-0.3, -0.25) is 4.79 Å². The van der Waals surface area contributed by atoms with Crippen molar-refractivity contribution < 1.29 is 4.79 Å². The number of hydrogen-bond donors (Lipinski definition) is 0. The van der Waals surface area contributed by atoms with E-state index < -0.39 is 0 Å².